The van der Waals surface area contributed by atoms with Crippen LogP contribution in [0, 0.1) is 11.8 Å². The molecule has 1 atom stereocenters. The lowest BCUT2D eigenvalue weighted by Gasteiger charge is -2.29. The summed E-state index contributed by atoms with van der Waals surface area (Å²) in [6.07, 6.45) is 3.07. The molecule has 2 aromatic carbocycles. The van der Waals surface area contributed by atoms with Crippen LogP contribution >= 0.6 is 0 Å². The zero-order valence-corrected chi connectivity index (χ0v) is 19.2. The van der Waals surface area contributed by atoms with Crippen LogP contribution in [-0.2, 0) is 9.59 Å². The maximum absolute atomic E-state index is 13.0. The minimum atomic E-state index is -1.07. The van der Waals surface area contributed by atoms with Gasteiger partial charge >= 0.3 is 0 Å². The Bertz CT molecular complexity index is 1030. The number of nitrogens with zero attached hydrogens (tertiary/aromatic N) is 1. The molecule has 0 unspecified atom stereocenters. The number of unbranched alkanes of at least 4 members (excludes halogenated alkanes) is 2. The molecule has 0 saturated heterocycles. The first-order chi connectivity index (χ1) is 16.4. The standard InChI is InChI=1S/C25H31N5O4/c1-2-3-4-15-28-17-23(31)30(22(16-26)25(33)29-34)21-13-9-19(10-14-21)6-5-18-7-11-20(12-8-18)24(27)32/h7-14,22,28,34H,2-4,15-17,26H2,1H3,(H2,27,32)(H,29,33)/t22-/m0/s1. The number of carbonyl (C=O) groups excluding carboxylic acids is 3. The second-order valence-corrected chi connectivity index (χ2v) is 7.61. The molecule has 0 radical (unpaired) electrons. The lowest BCUT2D eigenvalue weighted by atomic mass is 10.1. The molecule has 7 N–H and O–H groups in total. The van der Waals surface area contributed by atoms with Gasteiger partial charge in [0.05, 0.1) is 6.54 Å². The molecule has 0 bridgehead atoms. The summed E-state index contributed by atoms with van der Waals surface area (Å²) in [5, 5.41) is 12.2. The first-order valence-electron chi connectivity index (χ1n) is 11.1. The van der Waals surface area contributed by atoms with E-state index in [0.29, 0.717) is 28.9 Å². The monoisotopic (exact) mass is 465 g/mol. The van der Waals surface area contributed by atoms with Crippen LogP contribution in [0.15, 0.2) is 48.5 Å². The van der Waals surface area contributed by atoms with Crippen molar-refractivity contribution in [1.29, 1.82) is 0 Å². The van der Waals surface area contributed by atoms with Gasteiger partial charge in [0.25, 0.3) is 5.91 Å². The van der Waals surface area contributed by atoms with E-state index in [0.717, 1.165) is 19.3 Å². The molecule has 0 aromatic heterocycles. The molecule has 180 valence electrons. The Morgan fingerprint density at radius 2 is 1.59 bits per heavy atom. The molecule has 0 aliphatic rings. The molecule has 34 heavy (non-hydrogen) atoms. The van der Waals surface area contributed by atoms with Crippen LogP contribution in [0.25, 0.3) is 0 Å². The predicted octanol–water partition coefficient (Wildman–Crippen LogP) is 1.13. The number of hydrogen-bond donors (Lipinski definition) is 5. The summed E-state index contributed by atoms with van der Waals surface area (Å²) in [5.41, 5.74) is 14.8. The first kappa shape index (κ1) is 26.5. The van der Waals surface area contributed by atoms with Gasteiger partial charge in [-0.3, -0.25) is 24.5 Å². The highest BCUT2D eigenvalue weighted by atomic mass is 16.5. The summed E-state index contributed by atoms with van der Waals surface area (Å²) in [7, 11) is 0. The van der Waals surface area contributed by atoms with Crippen molar-refractivity contribution in [2.45, 2.75) is 32.2 Å². The van der Waals surface area contributed by atoms with Crippen molar-refractivity contribution >= 4 is 23.4 Å². The minimum Gasteiger partial charge on any atom is -0.366 e. The summed E-state index contributed by atoms with van der Waals surface area (Å²) in [6, 6.07) is 12.3. The maximum Gasteiger partial charge on any atom is 0.267 e. The van der Waals surface area contributed by atoms with E-state index in [-0.39, 0.29) is 19.0 Å². The fourth-order valence-corrected chi connectivity index (χ4v) is 3.25. The highest BCUT2D eigenvalue weighted by Gasteiger charge is 2.29. The summed E-state index contributed by atoms with van der Waals surface area (Å²) >= 11 is 0. The van der Waals surface area contributed by atoms with Gasteiger partial charge in [-0.1, -0.05) is 31.6 Å². The van der Waals surface area contributed by atoms with Crippen LogP contribution in [0.2, 0.25) is 0 Å². The zero-order valence-electron chi connectivity index (χ0n) is 19.2. The molecule has 0 aliphatic carbocycles. The second kappa shape index (κ2) is 13.7. The molecule has 2 aromatic rings. The Morgan fingerprint density at radius 1 is 1.00 bits per heavy atom. The van der Waals surface area contributed by atoms with Crippen LogP contribution in [-0.4, -0.2) is 48.6 Å². The zero-order chi connectivity index (χ0) is 24.9. The average molecular weight is 466 g/mol. The lowest BCUT2D eigenvalue weighted by Crippen LogP contribution is -2.55. The van der Waals surface area contributed by atoms with Crippen LogP contribution < -0.4 is 27.2 Å². The van der Waals surface area contributed by atoms with Crippen LogP contribution in [0.4, 0.5) is 5.69 Å². The first-order valence-corrected chi connectivity index (χ1v) is 11.1. The summed E-state index contributed by atoms with van der Waals surface area (Å²) < 4.78 is 0. The topological polar surface area (TPSA) is 151 Å². The van der Waals surface area contributed by atoms with E-state index in [1.165, 1.54) is 4.90 Å². The van der Waals surface area contributed by atoms with E-state index in [1.54, 1.807) is 54.0 Å². The Morgan fingerprint density at radius 3 is 2.09 bits per heavy atom. The van der Waals surface area contributed by atoms with E-state index in [4.69, 9.17) is 16.7 Å². The third kappa shape index (κ3) is 7.71. The number of amides is 3. The Hall–Kier alpha value is -3.71. The molecule has 9 nitrogen and oxygen atoms in total. The number of primary amides is 1. The molecular weight excluding hydrogens is 434 g/mol. The SMILES string of the molecule is CCCCCNCC(=O)N(c1ccc(C#Cc2ccc(C(N)=O)cc2)cc1)[C@@H](CN)C(=O)NO. The number of hydrogen-bond acceptors (Lipinski definition) is 6. The Labute approximate surface area is 199 Å². The third-order valence-electron chi connectivity index (χ3n) is 5.12. The Balaban J connectivity index is 2.20. The molecule has 0 heterocycles. The highest BCUT2D eigenvalue weighted by Crippen LogP contribution is 2.18. The lowest BCUT2D eigenvalue weighted by molar-refractivity contribution is -0.132. The van der Waals surface area contributed by atoms with Crippen molar-refractivity contribution < 1.29 is 19.6 Å². The van der Waals surface area contributed by atoms with Gasteiger partial charge in [-0.15, -0.1) is 0 Å². The number of carbonyl (C=O) groups is 3. The number of benzene rings is 2. The van der Waals surface area contributed by atoms with Gasteiger partial charge in [0, 0.05) is 28.9 Å². The van der Waals surface area contributed by atoms with E-state index >= 15 is 0 Å². The molecule has 0 aliphatic heterocycles. The van der Waals surface area contributed by atoms with Crippen LogP contribution in [0.5, 0.6) is 0 Å². The molecule has 0 saturated carbocycles. The number of nitrogens with one attached hydrogen (secondary N) is 2. The second-order valence-electron chi connectivity index (χ2n) is 7.61. The van der Waals surface area contributed by atoms with Gasteiger partial charge in [-0.2, -0.15) is 0 Å². The fourth-order valence-electron chi connectivity index (χ4n) is 3.25. The van der Waals surface area contributed by atoms with Gasteiger partial charge in [0.2, 0.25) is 11.8 Å². The third-order valence-corrected chi connectivity index (χ3v) is 5.12. The van der Waals surface area contributed by atoms with Crippen molar-refractivity contribution in [2.75, 3.05) is 24.5 Å². The molecule has 9 heteroatoms. The summed E-state index contributed by atoms with van der Waals surface area (Å²) in [4.78, 5) is 37.6. The number of nitrogens with two attached hydrogens (primary N) is 2. The average Bonchev–Trinajstić information content (AvgIpc) is 2.86. The van der Waals surface area contributed by atoms with Crippen molar-refractivity contribution in [3.05, 3.63) is 65.2 Å². The van der Waals surface area contributed by atoms with Gasteiger partial charge in [0.1, 0.15) is 6.04 Å². The van der Waals surface area contributed by atoms with E-state index in [1.807, 2.05) is 0 Å². The smallest absolute Gasteiger partial charge is 0.267 e. The van der Waals surface area contributed by atoms with E-state index in [2.05, 4.69) is 24.1 Å². The number of hydroxylamine groups is 1. The van der Waals surface area contributed by atoms with Gasteiger partial charge in [-0.05, 0) is 61.5 Å². The minimum absolute atomic E-state index is 0.0295. The molecular formula is C25H31N5O4. The normalized spacial score (nSPS) is 11.1. The largest absolute Gasteiger partial charge is 0.366 e. The fraction of sp³-hybridized carbons (Fsp3) is 0.320. The van der Waals surface area contributed by atoms with Gasteiger partial charge < -0.3 is 16.8 Å². The van der Waals surface area contributed by atoms with Crippen molar-refractivity contribution in [3.63, 3.8) is 0 Å². The molecule has 3 amide bonds. The number of rotatable bonds is 11. The van der Waals surface area contributed by atoms with Gasteiger partial charge in [-0.25, -0.2) is 5.48 Å². The van der Waals surface area contributed by atoms with Crippen LogP contribution in [0.3, 0.4) is 0 Å². The number of anilines is 1. The van der Waals surface area contributed by atoms with Gasteiger partial charge in [0.15, 0.2) is 0 Å². The van der Waals surface area contributed by atoms with Crippen LogP contribution in [0.1, 0.15) is 47.7 Å². The predicted molar refractivity (Wildman–Crippen MR) is 130 cm³/mol. The van der Waals surface area contributed by atoms with E-state index in [9.17, 15) is 14.4 Å². The Kier molecular flexibility index (Phi) is 10.7. The van der Waals surface area contributed by atoms with Crippen molar-refractivity contribution in [1.82, 2.24) is 10.8 Å². The van der Waals surface area contributed by atoms with E-state index < -0.39 is 17.9 Å². The highest BCUT2D eigenvalue weighted by molar-refractivity contribution is 6.01. The summed E-state index contributed by atoms with van der Waals surface area (Å²) in [6.45, 7) is 2.64. The van der Waals surface area contributed by atoms with Crippen molar-refractivity contribution in [2.24, 2.45) is 11.5 Å². The molecule has 0 spiro atoms. The molecule has 2 rings (SSSR count). The molecule has 0 fully saturated rings. The quantitative estimate of drug-likeness (QED) is 0.145. The maximum atomic E-state index is 13.0. The van der Waals surface area contributed by atoms with Crippen molar-refractivity contribution in [3.8, 4) is 11.8 Å². The summed E-state index contributed by atoms with van der Waals surface area (Å²) in [5.74, 6) is 4.38.